The van der Waals surface area contributed by atoms with Crippen molar-refractivity contribution in [2.75, 3.05) is 37.6 Å². The van der Waals surface area contributed by atoms with E-state index in [0.29, 0.717) is 16.9 Å². The molecular formula is C23H25ClF3N5O. The SMILES string of the molecule is O=C(Cn1cc2cc(N3CC=CC=C3C(F)(F)F)c(Cl)cc2n1)N1CC(N2CCCCC2)C1. The first kappa shape index (κ1) is 22.3. The summed E-state index contributed by atoms with van der Waals surface area (Å²) in [6.07, 6.45) is 4.99. The smallest absolute Gasteiger partial charge is 0.338 e. The van der Waals surface area contributed by atoms with Gasteiger partial charge in [-0.05, 0) is 44.1 Å². The number of allylic oxidation sites excluding steroid dienone is 3. The van der Waals surface area contributed by atoms with Gasteiger partial charge in [0.15, 0.2) is 0 Å². The highest BCUT2D eigenvalue weighted by molar-refractivity contribution is 6.34. The fourth-order valence-corrected chi connectivity index (χ4v) is 5.03. The summed E-state index contributed by atoms with van der Waals surface area (Å²) in [5.41, 5.74) is 0.0291. The quantitative estimate of drug-likeness (QED) is 0.659. The van der Waals surface area contributed by atoms with Crippen LogP contribution in [0.3, 0.4) is 0 Å². The third kappa shape index (κ3) is 4.48. The molecule has 1 aromatic carbocycles. The molecule has 10 heteroatoms. The van der Waals surface area contributed by atoms with Crippen molar-refractivity contribution in [3.63, 3.8) is 0 Å². The third-order valence-corrected chi connectivity index (χ3v) is 6.89. The monoisotopic (exact) mass is 479 g/mol. The van der Waals surface area contributed by atoms with Crippen LogP contribution in [0.25, 0.3) is 10.9 Å². The van der Waals surface area contributed by atoms with E-state index in [1.54, 1.807) is 24.4 Å². The molecule has 176 valence electrons. The predicted molar refractivity (Wildman–Crippen MR) is 121 cm³/mol. The lowest BCUT2D eigenvalue weighted by Gasteiger charge is -2.46. The zero-order valence-electron chi connectivity index (χ0n) is 18.1. The highest BCUT2D eigenvalue weighted by atomic mass is 35.5. The van der Waals surface area contributed by atoms with Crippen LogP contribution in [0.1, 0.15) is 19.3 Å². The number of carbonyl (C=O) groups excluding carboxylic acids is 1. The van der Waals surface area contributed by atoms with Crippen molar-refractivity contribution >= 4 is 34.1 Å². The van der Waals surface area contributed by atoms with Gasteiger partial charge in [-0.1, -0.05) is 30.2 Å². The van der Waals surface area contributed by atoms with Gasteiger partial charge in [0.25, 0.3) is 0 Å². The van der Waals surface area contributed by atoms with Crippen molar-refractivity contribution in [3.05, 3.63) is 47.3 Å². The normalized spacial score (nSPS) is 20.3. The standard InChI is InChI=1S/C23H25ClF3N5O/c24-18-11-19-16(10-20(18)32-9-5-2-6-21(32)23(25,26)27)12-31(28-19)15-22(33)30-13-17(14-30)29-7-3-1-4-8-29/h2,5-6,10-12,17H,1,3-4,7-9,13-15H2. The first-order valence-corrected chi connectivity index (χ1v) is 11.6. The molecule has 2 aromatic rings. The van der Waals surface area contributed by atoms with Gasteiger partial charge in [-0.25, -0.2) is 0 Å². The number of halogens is 4. The minimum absolute atomic E-state index is 0.00848. The van der Waals surface area contributed by atoms with Gasteiger partial charge >= 0.3 is 6.18 Å². The molecule has 0 radical (unpaired) electrons. The average molecular weight is 480 g/mol. The Bertz CT molecular complexity index is 1110. The number of alkyl halides is 3. The number of anilines is 1. The van der Waals surface area contributed by atoms with Gasteiger partial charge in [-0.3, -0.25) is 14.4 Å². The first-order chi connectivity index (χ1) is 15.8. The van der Waals surface area contributed by atoms with Crippen molar-refractivity contribution in [3.8, 4) is 0 Å². The van der Waals surface area contributed by atoms with E-state index in [1.807, 2.05) is 4.90 Å². The Kier molecular flexibility index (Phi) is 5.86. The molecule has 1 amide bonds. The third-order valence-electron chi connectivity index (χ3n) is 6.59. The molecule has 0 saturated carbocycles. The lowest BCUT2D eigenvalue weighted by Crippen LogP contribution is -2.62. The zero-order valence-corrected chi connectivity index (χ0v) is 18.8. The Hall–Kier alpha value is -2.52. The van der Waals surface area contributed by atoms with E-state index in [4.69, 9.17) is 11.6 Å². The highest BCUT2D eigenvalue weighted by Crippen LogP contribution is 2.38. The molecule has 2 fully saturated rings. The van der Waals surface area contributed by atoms with Crippen LogP contribution < -0.4 is 4.90 Å². The van der Waals surface area contributed by atoms with Crippen molar-refractivity contribution in [2.45, 2.75) is 38.0 Å². The Morgan fingerprint density at radius 3 is 2.64 bits per heavy atom. The summed E-state index contributed by atoms with van der Waals surface area (Å²) >= 11 is 6.35. The summed E-state index contributed by atoms with van der Waals surface area (Å²) < 4.78 is 42.0. The molecule has 3 aliphatic rings. The number of benzene rings is 1. The number of piperidine rings is 1. The molecule has 6 nitrogen and oxygen atoms in total. The molecule has 2 saturated heterocycles. The van der Waals surface area contributed by atoms with E-state index in [0.717, 1.165) is 37.2 Å². The van der Waals surface area contributed by atoms with Gasteiger partial charge in [0.1, 0.15) is 12.2 Å². The van der Waals surface area contributed by atoms with Gasteiger partial charge in [0.05, 0.1) is 16.2 Å². The lowest BCUT2D eigenvalue weighted by molar-refractivity contribution is -0.139. The van der Waals surface area contributed by atoms with Crippen molar-refractivity contribution < 1.29 is 18.0 Å². The maximum Gasteiger partial charge on any atom is 0.431 e. The molecule has 3 aliphatic heterocycles. The van der Waals surface area contributed by atoms with E-state index in [1.165, 1.54) is 30.0 Å². The number of hydrogen-bond acceptors (Lipinski definition) is 4. The van der Waals surface area contributed by atoms with E-state index in [2.05, 4.69) is 10.00 Å². The highest BCUT2D eigenvalue weighted by Gasteiger charge is 2.39. The van der Waals surface area contributed by atoms with Crippen LogP contribution in [-0.4, -0.2) is 70.4 Å². The summed E-state index contributed by atoms with van der Waals surface area (Å²) in [7, 11) is 0. The number of hydrogen-bond donors (Lipinski definition) is 0. The summed E-state index contributed by atoms with van der Waals surface area (Å²) in [6.45, 7) is 3.86. The number of fused-ring (bicyclic) bond motifs is 1. The second-order valence-electron chi connectivity index (χ2n) is 8.83. The van der Waals surface area contributed by atoms with Crippen molar-refractivity contribution in [1.29, 1.82) is 0 Å². The second kappa shape index (κ2) is 8.68. The fraction of sp³-hybridized carbons (Fsp3) is 0.478. The van der Waals surface area contributed by atoms with Gasteiger partial charge in [-0.15, -0.1) is 0 Å². The van der Waals surface area contributed by atoms with Crippen LogP contribution >= 0.6 is 11.6 Å². The Labute approximate surface area is 194 Å². The minimum Gasteiger partial charge on any atom is -0.338 e. The summed E-state index contributed by atoms with van der Waals surface area (Å²) in [5.74, 6) is -0.00848. The lowest BCUT2D eigenvalue weighted by atomic mass is 10.0. The Morgan fingerprint density at radius 1 is 1.15 bits per heavy atom. The summed E-state index contributed by atoms with van der Waals surface area (Å²) in [6, 6.07) is 3.59. The largest absolute Gasteiger partial charge is 0.431 e. The number of aromatic nitrogens is 2. The summed E-state index contributed by atoms with van der Waals surface area (Å²) in [4.78, 5) is 18.2. The Balaban J connectivity index is 1.29. The first-order valence-electron chi connectivity index (χ1n) is 11.2. The molecule has 0 N–H and O–H groups in total. The number of carbonyl (C=O) groups is 1. The number of rotatable bonds is 4. The molecule has 0 aliphatic carbocycles. The predicted octanol–water partition coefficient (Wildman–Crippen LogP) is 4.21. The van der Waals surface area contributed by atoms with Crippen LogP contribution in [-0.2, 0) is 11.3 Å². The molecule has 1 aromatic heterocycles. The van der Waals surface area contributed by atoms with Crippen LogP contribution in [0, 0.1) is 0 Å². The van der Waals surface area contributed by atoms with E-state index in [9.17, 15) is 18.0 Å². The van der Waals surface area contributed by atoms with Gasteiger partial charge in [0, 0.05) is 37.3 Å². The minimum atomic E-state index is -4.50. The topological polar surface area (TPSA) is 44.6 Å². The fourth-order valence-electron chi connectivity index (χ4n) is 4.77. The molecule has 0 bridgehead atoms. The number of amides is 1. The van der Waals surface area contributed by atoms with Crippen LogP contribution in [0.5, 0.6) is 0 Å². The van der Waals surface area contributed by atoms with E-state index in [-0.39, 0.29) is 29.7 Å². The van der Waals surface area contributed by atoms with Crippen molar-refractivity contribution in [1.82, 2.24) is 19.6 Å². The summed E-state index contributed by atoms with van der Waals surface area (Å²) in [5, 5.41) is 5.23. The molecule has 5 rings (SSSR count). The molecule has 0 unspecified atom stereocenters. The molecule has 0 atom stereocenters. The van der Waals surface area contributed by atoms with Crippen LogP contribution in [0.4, 0.5) is 18.9 Å². The molecular weight excluding hydrogens is 455 g/mol. The second-order valence-corrected chi connectivity index (χ2v) is 9.23. The molecule has 33 heavy (non-hydrogen) atoms. The number of likely N-dealkylation sites (tertiary alicyclic amines) is 2. The molecule has 0 spiro atoms. The maximum atomic E-state index is 13.5. The van der Waals surface area contributed by atoms with Gasteiger partial charge < -0.3 is 9.80 Å². The van der Waals surface area contributed by atoms with Gasteiger partial charge in [-0.2, -0.15) is 18.3 Å². The Morgan fingerprint density at radius 2 is 1.91 bits per heavy atom. The van der Waals surface area contributed by atoms with Crippen LogP contribution in [0.2, 0.25) is 5.02 Å². The van der Waals surface area contributed by atoms with Crippen molar-refractivity contribution in [2.24, 2.45) is 0 Å². The van der Waals surface area contributed by atoms with E-state index >= 15 is 0 Å². The molecule has 4 heterocycles. The van der Waals surface area contributed by atoms with Crippen LogP contribution in [0.15, 0.2) is 42.3 Å². The van der Waals surface area contributed by atoms with E-state index < -0.39 is 11.9 Å². The number of nitrogens with zero attached hydrogens (tertiary/aromatic N) is 5. The zero-order chi connectivity index (χ0) is 23.2. The van der Waals surface area contributed by atoms with Gasteiger partial charge in [0.2, 0.25) is 5.91 Å². The average Bonchev–Trinajstić information content (AvgIpc) is 3.13. The maximum absolute atomic E-state index is 13.5.